The Kier molecular flexibility index (Phi) is 6.19. The van der Waals surface area contributed by atoms with Gasteiger partial charge in [0.05, 0.1) is 17.6 Å². The largest absolute Gasteiger partial charge is 0.480 e. The summed E-state index contributed by atoms with van der Waals surface area (Å²) in [5.41, 5.74) is 1.48. The Morgan fingerprint density at radius 2 is 2.06 bits per heavy atom. The van der Waals surface area contributed by atoms with Gasteiger partial charge in [-0.25, -0.2) is 0 Å². The van der Waals surface area contributed by atoms with E-state index in [4.69, 9.17) is 9.47 Å². The van der Waals surface area contributed by atoms with Crippen molar-refractivity contribution in [3.63, 3.8) is 0 Å². The number of aliphatic hydroxyl groups is 1. The Bertz CT molecular complexity index is 855. The molecule has 2 fully saturated rings. The van der Waals surface area contributed by atoms with Crippen molar-refractivity contribution in [2.45, 2.75) is 69.5 Å². The average molecular weight is 430 g/mol. The molecular formula is C24H31NO6. The van der Waals surface area contributed by atoms with Crippen LogP contribution >= 0.6 is 0 Å². The van der Waals surface area contributed by atoms with E-state index in [1.807, 2.05) is 50.3 Å². The zero-order chi connectivity index (χ0) is 22.2. The lowest BCUT2D eigenvalue weighted by atomic mass is 9.79. The van der Waals surface area contributed by atoms with Gasteiger partial charge in [0, 0.05) is 12.5 Å². The number of allylic oxidation sites excluding steroid dienone is 1. The smallest absolute Gasteiger partial charge is 0.321 e. The predicted octanol–water partition coefficient (Wildman–Crippen LogP) is 2.08. The van der Waals surface area contributed by atoms with Crippen LogP contribution in [0.15, 0.2) is 42.0 Å². The maximum absolute atomic E-state index is 12.8. The number of aliphatic carboxylic acids is 1. The van der Waals surface area contributed by atoms with Crippen molar-refractivity contribution in [3.8, 4) is 0 Å². The fourth-order valence-corrected chi connectivity index (χ4v) is 4.94. The molecule has 0 radical (unpaired) electrons. The molecule has 1 aromatic carbocycles. The van der Waals surface area contributed by atoms with Crippen molar-refractivity contribution >= 4 is 11.9 Å². The summed E-state index contributed by atoms with van der Waals surface area (Å²) in [4.78, 5) is 24.6. The summed E-state index contributed by atoms with van der Waals surface area (Å²) in [7, 11) is 0. The zero-order valence-corrected chi connectivity index (χ0v) is 18.0. The highest BCUT2D eigenvalue weighted by Gasteiger charge is 2.63. The van der Waals surface area contributed by atoms with Crippen molar-refractivity contribution in [3.05, 3.63) is 47.5 Å². The van der Waals surface area contributed by atoms with E-state index in [1.54, 1.807) is 0 Å². The van der Waals surface area contributed by atoms with Crippen LogP contribution in [0.2, 0.25) is 0 Å². The molecule has 31 heavy (non-hydrogen) atoms. The highest BCUT2D eigenvalue weighted by Crippen LogP contribution is 2.50. The molecule has 4 rings (SSSR count). The van der Waals surface area contributed by atoms with Gasteiger partial charge in [0.15, 0.2) is 0 Å². The van der Waals surface area contributed by atoms with Gasteiger partial charge in [0.25, 0.3) is 0 Å². The van der Waals surface area contributed by atoms with E-state index in [-0.39, 0.29) is 30.1 Å². The number of carbonyl (C=O) groups excluding carboxylic acids is 1. The van der Waals surface area contributed by atoms with Crippen LogP contribution in [0, 0.1) is 11.8 Å². The summed E-state index contributed by atoms with van der Waals surface area (Å²) >= 11 is 0. The minimum Gasteiger partial charge on any atom is -0.480 e. The van der Waals surface area contributed by atoms with Crippen LogP contribution in [0.4, 0.5) is 0 Å². The number of epoxide rings is 1. The summed E-state index contributed by atoms with van der Waals surface area (Å²) in [5, 5.41) is 23.4. The molecule has 0 unspecified atom stereocenters. The number of ether oxygens (including phenoxy) is 2. The van der Waals surface area contributed by atoms with Crippen LogP contribution in [-0.2, 0) is 25.5 Å². The molecule has 0 bridgehead atoms. The van der Waals surface area contributed by atoms with E-state index in [9.17, 15) is 19.8 Å². The Hall–Kier alpha value is -2.22. The van der Waals surface area contributed by atoms with E-state index in [0.29, 0.717) is 12.8 Å². The molecule has 1 aromatic rings. The zero-order valence-electron chi connectivity index (χ0n) is 18.0. The normalized spacial score (nSPS) is 37.6. The lowest BCUT2D eigenvalue weighted by molar-refractivity contribution is -0.145. The molecule has 0 saturated carbocycles. The fraction of sp³-hybridized carbons (Fsp3) is 0.583. The molecule has 2 saturated heterocycles. The fourth-order valence-electron chi connectivity index (χ4n) is 4.94. The van der Waals surface area contributed by atoms with Crippen LogP contribution < -0.4 is 5.32 Å². The Labute approximate surface area is 182 Å². The third kappa shape index (κ3) is 4.68. The second-order valence-corrected chi connectivity index (χ2v) is 9.25. The van der Waals surface area contributed by atoms with Crippen molar-refractivity contribution in [2.24, 2.45) is 11.8 Å². The van der Waals surface area contributed by atoms with Gasteiger partial charge in [0.1, 0.15) is 18.2 Å². The first kappa shape index (κ1) is 22.0. The molecule has 7 nitrogen and oxygen atoms in total. The first-order valence-corrected chi connectivity index (χ1v) is 11.0. The molecule has 0 aromatic heterocycles. The molecule has 0 spiro atoms. The molecular weight excluding hydrogens is 398 g/mol. The number of fused-ring (bicyclic) bond motifs is 3. The van der Waals surface area contributed by atoms with Gasteiger partial charge in [0.2, 0.25) is 0 Å². The first-order valence-electron chi connectivity index (χ1n) is 11.0. The summed E-state index contributed by atoms with van der Waals surface area (Å²) in [6.07, 6.45) is 3.12. The van der Waals surface area contributed by atoms with Gasteiger partial charge in [-0.2, -0.15) is 0 Å². The minimum atomic E-state index is -0.963. The van der Waals surface area contributed by atoms with Gasteiger partial charge < -0.3 is 25.0 Å². The maximum Gasteiger partial charge on any atom is 0.321 e. The van der Waals surface area contributed by atoms with E-state index < -0.39 is 30.1 Å². The van der Waals surface area contributed by atoms with Gasteiger partial charge >= 0.3 is 11.9 Å². The summed E-state index contributed by atoms with van der Waals surface area (Å²) < 4.78 is 11.7. The highest BCUT2D eigenvalue weighted by atomic mass is 16.6. The second kappa shape index (κ2) is 8.73. The SMILES string of the molecule is C/C1=C\CC[C@@]2(C)O[C@H]2[C@H]2OC(=O)[C@@H](CN[C@@H](Cc3ccccc3)C(=O)O)[C@@H]2C[C@H]1O. The number of nitrogens with one attached hydrogen (secondary N) is 1. The molecule has 7 heteroatoms. The van der Waals surface area contributed by atoms with Crippen molar-refractivity contribution in [1.82, 2.24) is 5.32 Å². The lowest BCUT2D eigenvalue weighted by Gasteiger charge is -2.26. The summed E-state index contributed by atoms with van der Waals surface area (Å²) in [6, 6.07) is 8.58. The number of esters is 1. The monoisotopic (exact) mass is 429 g/mol. The van der Waals surface area contributed by atoms with E-state index in [0.717, 1.165) is 24.0 Å². The van der Waals surface area contributed by atoms with E-state index >= 15 is 0 Å². The number of hydrogen-bond donors (Lipinski definition) is 3. The first-order chi connectivity index (χ1) is 14.8. The van der Waals surface area contributed by atoms with Crippen molar-refractivity contribution in [1.29, 1.82) is 0 Å². The number of rotatable bonds is 6. The topological polar surface area (TPSA) is 108 Å². The molecule has 2 heterocycles. The van der Waals surface area contributed by atoms with Gasteiger partial charge in [-0.3, -0.25) is 9.59 Å². The van der Waals surface area contributed by atoms with E-state index in [1.165, 1.54) is 0 Å². The van der Waals surface area contributed by atoms with Gasteiger partial charge in [-0.1, -0.05) is 36.4 Å². The molecule has 7 atom stereocenters. The van der Waals surface area contributed by atoms with Crippen LogP contribution in [0.3, 0.4) is 0 Å². The molecule has 168 valence electrons. The van der Waals surface area contributed by atoms with Crippen LogP contribution in [-0.4, -0.2) is 58.7 Å². The average Bonchev–Trinajstić information content (AvgIpc) is 3.31. The van der Waals surface area contributed by atoms with Crippen molar-refractivity contribution < 1.29 is 29.3 Å². The third-order valence-electron chi connectivity index (χ3n) is 7.03. The molecule has 2 aliphatic heterocycles. The Morgan fingerprint density at radius 3 is 2.77 bits per heavy atom. The number of carboxylic acid groups (broad SMARTS) is 1. The molecule has 3 N–H and O–H groups in total. The predicted molar refractivity (Wildman–Crippen MR) is 113 cm³/mol. The number of hydrogen-bond acceptors (Lipinski definition) is 6. The Balaban J connectivity index is 1.49. The Morgan fingerprint density at radius 1 is 1.32 bits per heavy atom. The maximum atomic E-state index is 12.8. The minimum absolute atomic E-state index is 0.176. The van der Waals surface area contributed by atoms with Crippen LogP contribution in [0.25, 0.3) is 0 Å². The third-order valence-corrected chi connectivity index (χ3v) is 7.03. The lowest BCUT2D eigenvalue weighted by Crippen LogP contribution is -2.44. The van der Waals surface area contributed by atoms with Crippen LogP contribution in [0.5, 0.6) is 0 Å². The van der Waals surface area contributed by atoms with Gasteiger partial charge in [-0.05, 0) is 50.7 Å². The quantitative estimate of drug-likeness (QED) is 0.361. The molecule has 3 aliphatic rings. The summed E-state index contributed by atoms with van der Waals surface area (Å²) in [5.74, 6) is -2.08. The van der Waals surface area contributed by atoms with E-state index in [2.05, 4.69) is 5.32 Å². The standard InChI is InChI=1S/C24H31NO6/c1-14-7-6-10-24(2)21(31-24)20-16(12-19(14)26)17(23(29)30-20)13-25-18(22(27)28)11-15-8-4-3-5-9-15/h3-5,7-9,16-21,25-26H,6,10-13H2,1-2H3,(H,27,28)/b14-7+/t16-,17-,18-,19+,20-,21-,24+/m0/s1. The molecule has 1 aliphatic carbocycles. The van der Waals surface area contributed by atoms with Crippen LogP contribution in [0.1, 0.15) is 38.7 Å². The highest BCUT2D eigenvalue weighted by molar-refractivity contribution is 5.77. The van der Waals surface area contributed by atoms with Gasteiger partial charge in [-0.15, -0.1) is 0 Å². The summed E-state index contributed by atoms with van der Waals surface area (Å²) in [6.45, 7) is 4.12. The van der Waals surface area contributed by atoms with Crippen molar-refractivity contribution in [2.75, 3.05) is 6.54 Å². The molecule has 0 amide bonds. The number of carbonyl (C=O) groups is 2. The number of carboxylic acids is 1. The second-order valence-electron chi connectivity index (χ2n) is 9.25. The number of aliphatic hydroxyl groups excluding tert-OH is 1. The number of benzene rings is 1.